The quantitative estimate of drug-likeness (QED) is 0.727. The molecule has 1 aliphatic rings. The van der Waals surface area contributed by atoms with E-state index in [4.69, 9.17) is 5.73 Å². The van der Waals surface area contributed by atoms with Gasteiger partial charge in [0.15, 0.2) is 5.78 Å². The van der Waals surface area contributed by atoms with Crippen molar-refractivity contribution in [1.82, 2.24) is 4.90 Å². The molecular formula is C21H33ClN2O2. The Bertz CT molecular complexity index is 599. The van der Waals surface area contributed by atoms with Gasteiger partial charge in [-0.1, -0.05) is 51.5 Å². The highest BCUT2D eigenvalue weighted by Crippen LogP contribution is 2.28. The summed E-state index contributed by atoms with van der Waals surface area (Å²) in [5.41, 5.74) is 8.03. The smallest absolute Gasteiger partial charge is 0.223 e. The molecule has 2 rings (SSSR count). The third-order valence-electron chi connectivity index (χ3n) is 5.33. The van der Waals surface area contributed by atoms with Crippen molar-refractivity contribution in [3.63, 3.8) is 0 Å². The molecule has 1 unspecified atom stereocenters. The number of hydrogen-bond donors (Lipinski definition) is 1. The van der Waals surface area contributed by atoms with Gasteiger partial charge in [-0.15, -0.1) is 12.4 Å². The average Bonchev–Trinajstić information content (AvgIpc) is 2.60. The van der Waals surface area contributed by atoms with Gasteiger partial charge in [-0.25, -0.2) is 0 Å². The van der Waals surface area contributed by atoms with Crippen LogP contribution in [0.2, 0.25) is 0 Å². The third-order valence-corrected chi connectivity index (χ3v) is 5.33. The molecule has 4 nitrogen and oxygen atoms in total. The number of carbonyl (C=O) groups excluding carboxylic acids is 2. The number of piperidine rings is 1. The van der Waals surface area contributed by atoms with Crippen LogP contribution in [0.1, 0.15) is 68.8 Å². The van der Waals surface area contributed by atoms with E-state index in [0.717, 1.165) is 19.3 Å². The van der Waals surface area contributed by atoms with E-state index in [1.807, 2.05) is 29.2 Å². The lowest BCUT2D eigenvalue weighted by Crippen LogP contribution is -2.54. The van der Waals surface area contributed by atoms with Gasteiger partial charge in [0.2, 0.25) is 5.91 Å². The topological polar surface area (TPSA) is 63.4 Å². The van der Waals surface area contributed by atoms with Crippen LogP contribution < -0.4 is 5.73 Å². The van der Waals surface area contributed by atoms with Crippen LogP contribution in [-0.2, 0) is 11.2 Å². The molecule has 0 aromatic heterocycles. The monoisotopic (exact) mass is 380 g/mol. The molecule has 1 amide bonds. The molecule has 146 valence electrons. The molecule has 1 heterocycles. The molecule has 1 aromatic carbocycles. The van der Waals surface area contributed by atoms with Gasteiger partial charge in [0.25, 0.3) is 0 Å². The maximum Gasteiger partial charge on any atom is 0.223 e. The van der Waals surface area contributed by atoms with Crippen LogP contribution in [-0.4, -0.2) is 35.7 Å². The normalized spacial score (nSPS) is 18.9. The number of rotatable bonds is 7. The van der Waals surface area contributed by atoms with Gasteiger partial charge in [-0.3, -0.25) is 9.59 Å². The first-order valence-corrected chi connectivity index (χ1v) is 9.49. The minimum absolute atomic E-state index is 0. The lowest BCUT2D eigenvalue weighted by Gasteiger charge is -2.42. The van der Waals surface area contributed by atoms with Crippen LogP contribution in [0.25, 0.3) is 0 Å². The Morgan fingerprint density at radius 3 is 2.42 bits per heavy atom. The van der Waals surface area contributed by atoms with Crippen molar-refractivity contribution >= 4 is 24.1 Å². The zero-order valence-electron chi connectivity index (χ0n) is 16.3. The molecule has 1 atom stereocenters. The van der Waals surface area contributed by atoms with Gasteiger partial charge in [-0.2, -0.15) is 0 Å². The van der Waals surface area contributed by atoms with E-state index in [1.165, 1.54) is 12.0 Å². The average molecular weight is 381 g/mol. The zero-order valence-corrected chi connectivity index (χ0v) is 17.1. The van der Waals surface area contributed by atoms with Crippen LogP contribution in [0, 0.1) is 5.41 Å². The number of Topliss-reactive ketones (excluding diaryl/α,β-unsaturated/α-hetero) is 1. The second kappa shape index (κ2) is 10.1. The molecule has 0 bridgehead atoms. The van der Waals surface area contributed by atoms with Gasteiger partial charge in [0.1, 0.15) is 0 Å². The molecule has 26 heavy (non-hydrogen) atoms. The molecule has 1 fully saturated rings. The maximum atomic E-state index is 12.4. The van der Waals surface area contributed by atoms with E-state index < -0.39 is 0 Å². The first-order chi connectivity index (χ1) is 11.8. The number of amides is 1. The molecule has 0 radical (unpaired) electrons. The Morgan fingerprint density at radius 2 is 1.85 bits per heavy atom. The fourth-order valence-electron chi connectivity index (χ4n) is 3.35. The number of unbranched alkanes of at least 4 members (excludes halogenated alkanes) is 1. The standard InChI is InChI=1S/C21H32N2O2.ClH/c1-4-5-6-16-7-9-17(10-8-16)18(24)11-12-20(25)23-14-13-19(22)21(2,3)15-23;/h7-10,19H,4-6,11-15,22H2,1-3H3;1H. The minimum atomic E-state index is -0.0633. The second-order valence-electron chi connectivity index (χ2n) is 7.92. The number of nitrogens with zero attached hydrogens (tertiary/aromatic N) is 1. The molecule has 0 saturated carbocycles. The van der Waals surface area contributed by atoms with Crippen LogP contribution in [0.3, 0.4) is 0 Å². The number of aryl methyl sites for hydroxylation is 1. The predicted molar refractivity (Wildman–Crippen MR) is 109 cm³/mol. The van der Waals surface area contributed by atoms with Crippen molar-refractivity contribution in [2.75, 3.05) is 13.1 Å². The number of ketones is 1. The summed E-state index contributed by atoms with van der Waals surface area (Å²) in [6.45, 7) is 7.74. The van der Waals surface area contributed by atoms with Crippen molar-refractivity contribution in [2.45, 2.75) is 65.3 Å². The van der Waals surface area contributed by atoms with E-state index in [0.29, 0.717) is 18.7 Å². The Morgan fingerprint density at radius 1 is 1.19 bits per heavy atom. The number of nitrogens with two attached hydrogens (primary N) is 1. The summed E-state index contributed by atoms with van der Waals surface area (Å²) in [5, 5.41) is 0. The van der Waals surface area contributed by atoms with Gasteiger partial charge in [-0.05, 0) is 30.2 Å². The second-order valence-corrected chi connectivity index (χ2v) is 7.92. The lowest BCUT2D eigenvalue weighted by molar-refractivity contribution is -0.134. The highest BCUT2D eigenvalue weighted by atomic mass is 35.5. The first kappa shape index (κ1) is 22.7. The first-order valence-electron chi connectivity index (χ1n) is 9.49. The molecule has 1 saturated heterocycles. The number of likely N-dealkylation sites (tertiary alicyclic amines) is 1. The highest BCUT2D eigenvalue weighted by Gasteiger charge is 2.35. The Kier molecular flexibility index (Phi) is 8.78. The minimum Gasteiger partial charge on any atom is -0.342 e. The maximum absolute atomic E-state index is 12.4. The van der Waals surface area contributed by atoms with Crippen molar-refractivity contribution in [2.24, 2.45) is 11.1 Å². The Balaban J connectivity index is 0.00000338. The summed E-state index contributed by atoms with van der Waals surface area (Å²) in [7, 11) is 0. The third kappa shape index (κ3) is 6.10. The predicted octanol–water partition coefficient (Wildman–Crippen LogP) is 4.00. The molecular weight excluding hydrogens is 348 g/mol. The molecule has 1 aliphatic heterocycles. The Hall–Kier alpha value is -1.39. The van der Waals surface area contributed by atoms with Crippen LogP contribution >= 0.6 is 12.4 Å². The van der Waals surface area contributed by atoms with E-state index in [-0.39, 0.29) is 48.4 Å². The van der Waals surface area contributed by atoms with Gasteiger partial charge >= 0.3 is 0 Å². The number of benzene rings is 1. The SMILES string of the molecule is CCCCc1ccc(C(=O)CCC(=O)N2CCC(N)C(C)(C)C2)cc1.Cl. The van der Waals surface area contributed by atoms with Gasteiger partial charge in [0.05, 0.1) is 0 Å². The molecule has 1 aromatic rings. The fourth-order valence-corrected chi connectivity index (χ4v) is 3.35. The van der Waals surface area contributed by atoms with Gasteiger partial charge in [0, 0.05) is 37.5 Å². The zero-order chi connectivity index (χ0) is 18.4. The molecule has 0 spiro atoms. The summed E-state index contributed by atoms with van der Waals surface area (Å²) in [6.07, 6.45) is 4.76. The van der Waals surface area contributed by atoms with E-state index >= 15 is 0 Å². The van der Waals surface area contributed by atoms with Crippen LogP contribution in [0.15, 0.2) is 24.3 Å². The van der Waals surface area contributed by atoms with Crippen LogP contribution in [0.5, 0.6) is 0 Å². The summed E-state index contributed by atoms with van der Waals surface area (Å²) in [6, 6.07) is 7.96. The van der Waals surface area contributed by atoms with Crippen molar-refractivity contribution in [1.29, 1.82) is 0 Å². The van der Waals surface area contributed by atoms with Crippen molar-refractivity contribution in [3.05, 3.63) is 35.4 Å². The molecule has 0 aliphatic carbocycles. The fraction of sp³-hybridized carbons (Fsp3) is 0.619. The summed E-state index contributed by atoms with van der Waals surface area (Å²) >= 11 is 0. The summed E-state index contributed by atoms with van der Waals surface area (Å²) in [5.74, 6) is 0.108. The van der Waals surface area contributed by atoms with Crippen molar-refractivity contribution < 1.29 is 9.59 Å². The number of hydrogen-bond acceptors (Lipinski definition) is 3. The van der Waals surface area contributed by atoms with E-state index in [1.54, 1.807) is 0 Å². The summed E-state index contributed by atoms with van der Waals surface area (Å²) in [4.78, 5) is 26.6. The lowest BCUT2D eigenvalue weighted by atomic mass is 9.79. The highest BCUT2D eigenvalue weighted by molar-refractivity contribution is 5.98. The Labute approximate surface area is 163 Å². The largest absolute Gasteiger partial charge is 0.342 e. The number of halogens is 1. The van der Waals surface area contributed by atoms with E-state index in [2.05, 4.69) is 20.8 Å². The van der Waals surface area contributed by atoms with Crippen molar-refractivity contribution in [3.8, 4) is 0 Å². The van der Waals surface area contributed by atoms with Crippen LogP contribution in [0.4, 0.5) is 0 Å². The van der Waals surface area contributed by atoms with E-state index in [9.17, 15) is 9.59 Å². The summed E-state index contributed by atoms with van der Waals surface area (Å²) < 4.78 is 0. The number of carbonyl (C=O) groups is 2. The van der Waals surface area contributed by atoms with Gasteiger partial charge < -0.3 is 10.6 Å². The molecule has 5 heteroatoms. The molecule has 2 N–H and O–H groups in total.